The molecule has 2 N–H and O–H groups in total. The molecule has 19 heavy (non-hydrogen) atoms. The largest absolute Gasteiger partial charge is 0.355 e. The molecule has 108 valence electrons. The average molecular weight is 303 g/mol. The first-order valence-electron chi connectivity index (χ1n) is 6.27. The van der Waals surface area contributed by atoms with Crippen LogP contribution in [0.2, 0.25) is 0 Å². The highest BCUT2D eigenvalue weighted by atomic mass is 35.5. The van der Waals surface area contributed by atoms with Crippen molar-refractivity contribution in [1.82, 2.24) is 10.6 Å². The van der Waals surface area contributed by atoms with E-state index in [2.05, 4.69) is 29.7 Å². The fraction of sp³-hybridized carbons (Fsp3) is 0.500. The molecule has 1 aromatic rings. The summed E-state index contributed by atoms with van der Waals surface area (Å²) in [6, 6.07) is 10.3. The van der Waals surface area contributed by atoms with E-state index in [1.807, 2.05) is 32.2 Å². The van der Waals surface area contributed by atoms with E-state index in [1.54, 1.807) is 11.8 Å². The van der Waals surface area contributed by atoms with Crippen molar-refractivity contribution in [2.24, 2.45) is 5.92 Å². The third-order valence-corrected chi connectivity index (χ3v) is 3.72. The summed E-state index contributed by atoms with van der Waals surface area (Å²) in [7, 11) is 1.86. The number of hydrogen-bond donors (Lipinski definition) is 2. The Balaban J connectivity index is 0.00000324. The molecule has 2 unspecified atom stereocenters. The smallest absolute Gasteiger partial charge is 0.224 e. The summed E-state index contributed by atoms with van der Waals surface area (Å²) in [6.07, 6.45) is 0. The Labute approximate surface area is 126 Å². The molecule has 0 bridgehead atoms. The zero-order valence-corrected chi connectivity index (χ0v) is 13.3. The summed E-state index contributed by atoms with van der Waals surface area (Å²) in [6.45, 7) is 5.47. The van der Waals surface area contributed by atoms with Crippen molar-refractivity contribution in [3.8, 4) is 0 Å². The van der Waals surface area contributed by atoms with Crippen molar-refractivity contribution < 1.29 is 4.79 Å². The van der Waals surface area contributed by atoms with Crippen molar-refractivity contribution in [2.75, 3.05) is 20.1 Å². The molecule has 0 saturated carbocycles. The molecule has 1 rings (SSSR count). The maximum atomic E-state index is 11.7. The van der Waals surface area contributed by atoms with Crippen molar-refractivity contribution in [3.63, 3.8) is 0 Å². The first-order valence-corrected chi connectivity index (χ1v) is 7.15. The minimum absolute atomic E-state index is 0. The standard InChI is InChI=1S/C14H22N2OS.ClH/c1-11(9-15-3)14(17)16-10-12(2)18-13-7-5-4-6-8-13;/h4-8,11-12,15H,9-10H2,1-3H3,(H,16,17);1H. The fourth-order valence-electron chi connectivity index (χ4n) is 1.59. The van der Waals surface area contributed by atoms with Gasteiger partial charge < -0.3 is 10.6 Å². The predicted molar refractivity (Wildman–Crippen MR) is 85.1 cm³/mol. The van der Waals surface area contributed by atoms with Crippen LogP contribution in [0, 0.1) is 5.92 Å². The van der Waals surface area contributed by atoms with Crippen LogP contribution < -0.4 is 10.6 Å². The second kappa shape index (κ2) is 10.1. The fourth-order valence-corrected chi connectivity index (χ4v) is 2.54. The molecular formula is C14H23ClN2OS. The maximum Gasteiger partial charge on any atom is 0.224 e. The van der Waals surface area contributed by atoms with Crippen molar-refractivity contribution in [2.45, 2.75) is 24.0 Å². The number of rotatable bonds is 7. The lowest BCUT2D eigenvalue weighted by Gasteiger charge is -2.15. The van der Waals surface area contributed by atoms with Gasteiger partial charge in [-0.05, 0) is 19.2 Å². The topological polar surface area (TPSA) is 41.1 Å². The summed E-state index contributed by atoms with van der Waals surface area (Å²) >= 11 is 1.78. The Morgan fingerprint density at radius 3 is 2.42 bits per heavy atom. The lowest BCUT2D eigenvalue weighted by molar-refractivity contribution is -0.124. The van der Waals surface area contributed by atoms with Gasteiger partial charge in [0, 0.05) is 29.2 Å². The summed E-state index contributed by atoms with van der Waals surface area (Å²) < 4.78 is 0. The lowest BCUT2D eigenvalue weighted by atomic mass is 10.1. The van der Waals surface area contributed by atoms with Crippen LogP contribution in [0.1, 0.15) is 13.8 Å². The van der Waals surface area contributed by atoms with Crippen molar-refractivity contribution >= 4 is 30.1 Å². The minimum Gasteiger partial charge on any atom is -0.355 e. The first kappa shape index (κ1) is 18.3. The number of hydrogen-bond acceptors (Lipinski definition) is 3. The molecule has 5 heteroatoms. The first-order chi connectivity index (χ1) is 8.63. The Morgan fingerprint density at radius 1 is 1.21 bits per heavy atom. The van der Waals surface area contributed by atoms with E-state index in [4.69, 9.17) is 0 Å². The van der Waals surface area contributed by atoms with Gasteiger partial charge in [-0.15, -0.1) is 24.2 Å². The quantitative estimate of drug-likeness (QED) is 0.761. The van der Waals surface area contributed by atoms with Gasteiger partial charge >= 0.3 is 0 Å². The summed E-state index contributed by atoms with van der Waals surface area (Å²) in [5.41, 5.74) is 0. The van der Waals surface area contributed by atoms with E-state index in [9.17, 15) is 4.79 Å². The van der Waals surface area contributed by atoms with Crippen LogP contribution in [0.25, 0.3) is 0 Å². The van der Waals surface area contributed by atoms with Gasteiger partial charge in [-0.25, -0.2) is 0 Å². The molecule has 0 heterocycles. The SMILES string of the molecule is CNCC(C)C(=O)NCC(C)Sc1ccccc1.Cl. The highest BCUT2D eigenvalue weighted by molar-refractivity contribution is 8.00. The maximum absolute atomic E-state index is 11.7. The molecule has 2 atom stereocenters. The van der Waals surface area contributed by atoms with Gasteiger partial charge in [-0.1, -0.05) is 32.0 Å². The monoisotopic (exact) mass is 302 g/mol. The van der Waals surface area contributed by atoms with Gasteiger partial charge in [0.25, 0.3) is 0 Å². The number of amides is 1. The third-order valence-electron chi connectivity index (χ3n) is 2.60. The minimum atomic E-state index is 0. The van der Waals surface area contributed by atoms with Crippen molar-refractivity contribution in [1.29, 1.82) is 0 Å². The average Bonchev–Trinajstić information content (AvgIpc) is 2.37. The zero-order valence-electron chi connectivity index (χ0n) is 11.7. The van der Waals surface area contributed by atoms with Crippen LogP contribution in [0.3, 0.4) is 0 Å². The molecule has 0 aromatic heterocycles. The van der Waals surface area contributed by atoms with Gasteiger partial charge in [-0.3, -0.25) is 4.79 Å². The summed E-state index contributed by atoms with van der Waals surface area (Å²) in [5.74, 6) is 0.133. The number of carbonyl (C=O) groups is 1. The molecule has 0 saturated heterocycles. The van der Waals surface area contributed by atoms with E-state index < -0.39 is 0 Å². The van der Waals surface area contributed by atoms with Crippen LogP contribution in [0.15, 0.2) is 35.2 Å². The van der Waals surface area contributed by atoms with E-state index in [-0.39, 0.29) is 24.2 Å². The van der Waals surface area contributed by atoms with Crippen LogP contribution in [-0.4, -0.2) is 31.3 Å². The summed E-state index contributed by atoms with van der Waals surface area (Å²) in [5, 5.41) is 6.37. The van der Waals surface area contributed by atoms with E-state index >= 15 is 0 Å². The third kappa shape index (κ3) is 7.45. The number of carbonyl (C=O) groups excluding carboxylic acids is 1. The number of thioether (sulfide) groups is 1. The van der Waals surface area contributed by atoms with Gasteiger partial charge in [-0.2, -0.15) is 0 Å². The predicted octanol–water partition coefficient (Wildman–Crippen LogP) is 2.56. The van der Waals surface area contributed by atoms with Crippen molar-refractivity contribution in [3.05, 3.63) is 30.3 Å². The van der Waals surface area contributed by atoms with E-state index in [0.717, 1.165) is 0 Å². The Morgan fingerprint density at radius 2 is 1.84 bits per heavy atom. The van der Waals surface area contributed by atoms with Gasteiger partial charge in [0.05, 0.1) is 0 Å². The Hall–Kier alpha value is -0.710. The zero-order chi connectivity index (χ0) is 13.4. The number of benzene rings is 1. The molecule has 0 radical (unpaired) electrons. The van der Waals surface area contributed by atoms with Crippen LogP contribution in [0.4, 0.5) is 0 Å². The van der Waals surface area contributed by atoms with E-state index in [1.165, 1.54) is 4.90 Å². The van der Waals surface area contributed by atoms with E-state index in [0.29, 0.717) is 18.3 Å². The normalized spacial score (nSPS) is 13.2. The molecule has 1 amide bonds. The Bertz CT molecular complexity index is 362. The highest BCUT2D eigenvalue weighted by Gasteiger charge is 2.12. The second-order valence-corrected chi connectivity index (χ2v) is 5.96. The molecule has 3 nitrogen and oxygen atoms in total. The second-order valence-electron chi connectivity index (χ2n) is 4.45. The van der Waals surface area contributed by atoms with Crippen LogP contribution in [-0.2, 0) is 4.79 Å². The van der Waals surface area contributed by atoms with Gasteiger partial charge in [0.2, 0.25) is 5.91 Å². The Kier molecular flexibility index (Phi) is 9.74. The lowest BCUT2D eigenvalue weighted by Crippen LogP contribution is -2.37. The molecule has 0 aliphatic heterocycles. The molecule has 1 aromatic carbocycles. The molecule has 0 aliphatic rings. The molecule has 0 fully saturated rings. The molecular weight excluding hydrogens is 280 g/mol. The number of halogens is 1. The van der Waals surface area contributed by atoms with Crippen LogP contribution in [0.5, 0.6) is 0 Å². The van der Waals surface area contributed by atoms with Gasteiger partial charge in [0.1, 0.15) is 0 Å². The van der Waals surface area contributed by atoms with Crippen LogP contribution >= 0.6 is 24.2 Å². The molecule has 0 spiro atoms. The molecule has 0 aliphatic carbocycles. The highest BCUT2D eigenvalue weighted by Crippen LogP contribution is 2.21. The van der Waals surface area contributed by atoms with Gasteiger partial charge in [0.15, 0.2) is 0 Å². The summed E-state index contributed by atoms with van der Waals surface area (Å²) in [4.78, 5) is 13.0. The number of nitrogens with one attached hydrogen (secondary N) is 2.